The van der Waals surface area contributed by atoms with Gasteiger partial charge < -0.3 is 14.2 Å². The Balaban J connectivity index is 2.13. The molecule has 0 radical (unpaired) electrons. The zero-order valence-corrected chi connectivity index (χ0v) is 18.2. The van der Waals surface area contributed by atoms with Crippen molar-refractivity contribution in [3.05, 3.63) is 40.8 Å². The third kappa shape index (κ3) is 6.26. The van der Waals surface area contributed by atoms with Crippen LogP contribution in [0.2, 0.25) is 25.7 Å². The average molecular weight is 441 g/mol. The van der Waals surface area contributed by atoms with Crippen LogP contribution in [-0.4, -0.2) is 36.8 Å². The summed E-state index contributed by atoms with van der Waals surface area (Å²) in [6.07, 6.45) is 1.54. The maximum atomic E-state index is 12.4. The molecule has 0 N–H and O–H groups in total. The fraction of sp³-hybridized carbons (Fsp3) is 0.444. The predicted molar refractivity (Wildman–Crippen MR) is 107 cm³/mol. The minimum atomic E-state index is -1.16. The summed E-state index contributed by atoms with van der Waals surface area (Å²) in [7, 11) is -1.16. The van der Waals surface area contributed by atoms with Gasteiger partial charge in [-0.3, -0.25) is 4.57 Å². The van der Waals surface area contributed by atoms with E-state index in [4.69, 9.17) is 14.2 Å². The molecule has 142 valence electrons. The van der Waals surface area contributed by atoms with E-state index in [2.05, 4.69) is 40.6 Å². The Morgan fingerprint density at radius 3 is 2.54 bits per heavy atom. The molecule has 0 saturated heterocycles. The third-order valence-electron chi connectivity index (χ3n) is 3.53. The summed E-state index contributed by atoms with van der Waals surface area (Å²) in [4.78, 5) is 16.6. The fourth-order valence-corrected chi connectivity index (χ4v) is 3.12. The van der Waals surface area contributed by atoms with Crippen molar-refractivity contribution in [3.8, 4) is 11.6 Å². The molecule has 8 heteroatoms. The van der Waals surface area contributed by atoms with Gasteiger partial charge in [0.2, 0.25) is 0 Å². The summed E-state index contributed by atoms with van der Waals surface area (Å²) in [5, 5.41) is 0. The second-order valence-corrected chi connectivity index (χ2v) is 13.5. The van der Waals surface area contributed by atoms with Crippen LogP contribution in [0.25, 0.3) is 0 Å². The first-order chi connectivity index (χ1) is 12.3. The Bertz CT molecular complexity index is 726. The van der Waals surface area contributed by atoms with E-state index < -0.39 is 14.0 Å². The number of ether oxygens (including phenoxy) is 3. The van der Waals surface area contributed by atoms with E-state index in [1.807, 2.05) is 12.1 Å². The number of esters is 1. The number of rotatable bonds is 9. The topological polar surface area (TPSA) is 62.6 Å². The van der Waals surface area contributed by atoms with Crippen LogP contribution in [0.1, 0.15) is 17.4 Å². The molecule has 0 aliphatic carbocycles. The van der Waals surface area contributed by atoms with E-state index in [1.54, 1.807) is 23.6 Å². The molecule has 0 aliphatic heterocycles. The van der Waals surface area contributed by atoms with Crippen LogP contribution in [0, 0.1) is 0 Å². The molecule has 0 unspecified atom stereocenters. The van der Waals surface area contributed by atoms with E-state index in [-0.39, 0.29) is 24.9 Å². The highest BCUT2D eigenvalue weighted by atomic mass is 79.9. The molecular weight excluding hydrogens is 416 g/mol. The van der Waals surface area contributed by atoms with Crippen molar-refractivity contribution in [3.63, 3.8) is 0 Å². The molecule has 2 aromatic rings. The zero-order chi connectivity index (χ0) is 19.2. The van der Waals surface area contributed by atoms with Crippen LogP contribution in [0.3, 0.4) is 0 Å². The lowest BCUT2D eigenvalue weighted by molar-refractivity contribution is 0.0469. The first-order valence-corrected chi connectivity index (χ1v) is 13.0. The lowest BCUT2D eigenvalue weighted by Gasteiger charge is -2.16. The summed E-state index contributed by atoms with van der Waals surface area (Å²) in [5.74, 6) is 0.314. The van der Waals surface area contributed by atoms with Gasteiger partial charge in [-0.25, -0.2) is 9.78 Å². The molecule has 0 atom stereocenters. The zero-order valence-electron chi connectivity index (χ0n) is 15.6. The lowest BCUT2D eigenvalue weighted by Crippen LogP contribution is -2.22. The maximum Gasteiger partial charge on any atom is 0.360 e. The van der Waals surface area contributed by atoms with E-state index in [9.17, 15) is 4.79 Å². The van der Waals surface area contributed by atoms with Gasteiger partial charge in [-0.05, 0) is 37.2 Å². The van der Waals surface area contributed by atoms with Crippen LogP contribution in [0.5, 0.6) is 11.6 Å². The highest BCUT2D eigenvalue weighted by Gasteiger charge is 2.22. The monoisotopic (exact) mass is 440 g/mol. The molecule has 0 fully saturated rings. The molecular formula is C18H25BrN2O4Si. The van der Waals surface area contributed by atoms with Crippen molar-refractivity contribution in [1.82, 2.24) is 9.55 Å². The Labute approximate surface area is 163 Å². The smallest absolute Gasteiger partial charge is 0.360 e. The number of halogens is 1. The third-order valence-corrected chi connectivity index (χ3v) is 5.76. The van der Waals surface area contributed by atoms with E-state index in [1.165, 1.54) is 6.33 Å². The van der Waals surface area contributed by atoms with Gasteiger partial charge in [0.15, 0.2) is 5.69 Å². The number of carbonyl (C=O) groups excluding carboxylic acids is 1. The molecule has 26 heavy (non-hydrogen) atoms. The minimum Gasteiger partial charge on any atom is -0.461 e. The number of hydrogen-bond donors (Lipinski definition) is 0. The Kier molecular flexibility index (Phi) is 7.42. The second kappa shape index (κ2) is 9.34. The van der Waals surface area contributed by atoms with E-state index in [0.29, 0.717) is 12.4 Å². The average Bonchev–Trinajstić information content (AvgIpc) is 2.96. The molecule has 1 heterocycles. The van der Waals surface area contributed by atoms with Crippen LogP contribution in [0.4, 0.5) is 0 Å². The Hall–Kier alpha value is -1.64. The Morgan fingerprint density at radius 1 is 1.23 bits per heavy atom. The molecule has 6 nitrogen and oxygen atoms in total. The molecule has 0 aliphatic rings. The number of nitrogens with zero attached hydrogens (tertiary/aromatic N) is 2. The van der Waals surface area contributed by atoms with Crippen LogP contribution in [-0.2, 0) is 16.2 Å². The van der Waals surface area contributed by atoms with Crippen LogP contribution in [0.15, 0.2) is 35.1 Å². The van der Waals surface area contributed by atoms with E-state index in [0.717, 1.165) is 10.5 Å². The minimum absolute atomic E-state index is 0.208. The summed E-state index contributed by atoms with van der Waals surface area (Å²) >= 11 is 3.38. The summed E-state index contributed by atoms with van der Waals surface area (Å²) in [5.41, 5.74) is 0.253. The number of hydrogen-bond acceptors (Lipinski definition) is 5. The maximum absolute atomic E-state index is 12.4. The summed E-state index contributed by atoms with van der Waals surface area (Å²) in [6, 6.07) is 8.36. The van der Waals surface area contributed by atoms with Crippen LogP contribution >= 0.6 is 15.9 Å². The number of benzene rings is 1. The quantitative estimate of drug-likeness (QED) is 0.314. The molecule has 1 aromatic heterocycles. The largest absolute Gasteiger partial charge is 0.461 e. The van der Waals surface area contributed by atoms with Crippen molar-refractivity contribution < 1.29 is 19.0 Å². The second-order valence-electron chi connectivity index (χ2n) is 6.99. The molecule has 0 bridgehead atoms. The molecule has 0 saturated carbocycles. The van der Waals surface area contributed by atoms with Gasteiger partial charge in [-0.15, -0.1) is 0 Å². The standard InChI is InChI=1S/C18H25BrN2O4Si/c1-5-24-18(22)16-17(25-15-8-6-14(19)7-9-15)20-12-21(16)13-23-10-11-26(2,3)4/h6-9,12H,5,10-11,13H2,1-4H3. The van der Waals surface area contributed by atoms with Gasteiger partial charge in [0.05, 0.1) is 6.61 Å². The van der Waals surface area contributed by atoms with Gasteiger partial charge >= 0.3 is 5.97 Å². The highest BCUT2D eigenvalue weighted by Crippen LogP contribution is 2.26. The molecule has 2 rings (SSSR count). The van der Waals surface area contributed by atoms with Gasteiger partial charge in [0, 0.05) is 19.2 Å². The first kappa shape index (κ1) is 20.7. The van der Waals surface area contributed by atoms with Crippen molar-refractivity contribution >= 4 is 30.0 Å². The van der Waals surface area contributed by atoms with Crippen molar-refractivity contribution in [1.29, 1.82) is 0 Å². The van der Waals surface area contributed by atoms with Crippen LogP contribution < -0.4 is 4.74 Å². The molecule has 1 aromatic carbocycles. The van der Waals surface area contributed by atoms with Gasteiger partial charge in [0.1, 0.15) is 18.8 Å². The predicted octanol–water partition coefficient (Wildman–Crippen LogP) is 4.93. The van der Waals surface area contributed by atoms with Gasteiger partial charge in [0.25, 0.3) is 5.88 Å². The normalized spacial score (nSPS) is 11.4. The van der Waals surface area contributed by atoms with Crippen molar-refractivity contribution in [2.24, 2.45) is 0 Å². The number of carbonyl (C=O) groups is 1. The molecule has 0 spiro atoms. The summed E-state index contributed by atoms with van der Waals surface area (Å²) in [6.45, 7) is 9.80. The Morgan fingerprint density at radius 2 is 1.92 bits per heavy atom. The molecule has 0 amide bonds. The number of imidazole rings is 1. The van der Waals surface area contributed by atoms with Gasteiger partial charge in [-0.2, -0.15) is 0 Å². The van der Waals surface area contributed by atoms with Crippen molar-refractivity contribution in [2.75, 3.05) is 13.2 Å². The number of aromatic nitrogens is 2. The first-order valence-electron chi connectivity index (χ1n) is 8.53. The summed E-state index contributed by atoms with van der Waals surface area (Å²) < 4.78 is 19.2. The highest BCUT2D eigenvalue weighted by molar-refractivity contribution is 9.10. The van der Waals surface area contributed by atoms with E-state index >= 15 is 0 Å². The fourth-order valence-electron chi connectivity index (χ4n) is 2.10. The van der Waals surface area contributed by atoms with Crippen molar-refractivity contribution in [2.45, 2.75) is 39.3 Å². The lowest BCUT2D eigenvalue weighted by atomic mass is 10.3. The van der Waals surface area contributed by atoms with Gasteiger partial charge in [-0.1, -0.05) is 35.6 Å². The SMILES string of the molecule is CCOC(=O)c1c(Oc2ccc(Br)cc2)ncn1COCC[Si](C)(C)C.